The molecule has 1 heterocycles. The maximum absolute atomic E-state index is 12.3. The van der Waals surface area contributed by atoms with Crippen molar-refractivity contribution in [2.75, 3.05) is 5.32 Å². The normalized spacial score (nSPS) is 15.2. The molecular weight excluding hydrogens is 316 g/mol. The number of anilines is 1. The number of thioether (sulfide) groups is 1. The molecule has 1 aromatic carbocycles. The average molecular weight is 332 g/mol. The zero-order chi connectivity index (χ0) is 16.4. The number of primary amides is 1. The lowest BCUT2D eigenvalue weighted by molar-refractivity contribution is -0.115. The van der Waals surface area contributed by atoms with E-state index in [9.17, 15) is 9.59 Å². The van der Waals surface area contributed by atoms with Gasteiger partial charge in [-0.15, -0.1) is 5.10 Å². The fourth-order valence-corrected chi connectivity index (χ4v) is 2.84. The summed E-state index contributed by atoms with van der Waals surface area (Å²) in [4.78, 5) is 23.3. The van der Waals surface area contributed by atoms with E-state index in [2.05, 4.69) is 20.8 Å². The van der Waals surface area contributed by atoms with E-state index in [-0.39, 0.29) is 11.2 Å². The molecule has 0 aliphatic heterocycles. The monoisotopic (exact) mass is 332 g/mol. The van der Waals surface area contributed by atoms with Gasteiger partial charge in [0.2, 0.25) is 17.0 Å². The lowest BCUT2D eigenvalue weighted by atomic mass is 10.2. The molecule has 1 aliphatic carbocycles. The molecule has 120 valence electrons. The summed E-state index contributed by atoms with van der Waals surface area (Å²) in [5.74, 6) is -0.661. The summed E-state index contributed by atoms with van der Waals surface area (Å²) in [6, 6.07) is 6.80. The van der Waals surface area contributed by atoms with Crippen molar-refractivity contribution in [3.05, 3.63) is 29.8 Å². The van der Waals surface area contributed by atoms with E-state index in [0.29, 0.717) is 22.4 Å². The van der Waals surface area contributed by atoms with Gasteiger partial charge in [-0.25, -0.2) is 4.68 Å². The summed E-state index contributed by atoms with van der Waals surface area (Å²) in [5.41, 5.74) is 6.18. The molecule has 0 spiro atoms. The van der Waals surface area contributed by atoms with Crippen LogP contribution in [0.3, 0.4) is 0 Å². The minimum atomic E-state index is -0.501. The van der Waals surface area contributed by atoms with Crippen molar-refractivity contribution in [3.63, 3.8) is 0 Å². The summed E-state index contributed by atoms with van der Waals surface area (Å²) in [6.45, 7) is 1.80. The van der Waals surface area contributed by atoms with Crippen molar-refractivity contribution < 1.29 is 9.59 Å². The molecule has 0 radical (unpaired) electrons. The Morgan fingerprint density at radius 1 is 1.35 bits per heavy atom. The van der Waals surface area contributed by atoms with Gasteiger partial charge in [-0.1, -0.05) is 11.8 Å². The van der Waals surface area contributed by atoms with Gasteiger partial charge >= 0.3 is 0 Å². The first-order valence-electron chi connectivity index (χ1n) is 7.20. The highest BCUT2D eigenvalue weighted by molar-refractivity contribution is 8.00. The molecule has 3 N–H and O–H groups in total. The number of nitrogens with two attached hydrogens (primary N) is 1. The summed E-state index contributed by atoms with van der Waals surface area (Å²) in [7, 11) is 0. The van der Waals surface area contributed by atoms with Crippen LogP contribution in [0.15, 0.2) is 29.4 Å². The second-order valence-electron chi connectivity index (χ2n) is 5.33. The molecule has 1 aromatic heterocycles. The molecule has 9 heteroatoms. The Bertz CT molecular complexity index is 725. The van der Waals surface area contributed by atoms with Crippen LogP contribution >= 0.6 is 11.8 Å². The number of rotatable bonds is 6. The van der Waals surface area contributed by atoms with E-state index < -0.39 is 5.91 Å². The topological polar surface area (TPSA) is 116 Å². The van der Waals surface area contributed by atoms with E-state index in [0.717, 1.165) is 12.8 Å². The zero-order valence-corrected chi connectivity index (χ0v) is 13.3. The van der Waals surface area contributed by atoms with E-state index in [4.69, 9.17) is 5.73 Å². The van der Waals surface area contributed by atoms with Gasteiger partial charge < -0.3 is 11.1 Å². The third-order valence-corrected chi connectivity index (χ3v) is 4.49. The number of nitrogens with one attached hydrogen (secondary N) is 1. The largest absolute Gasteiger partial charge is 0.366 e. The number of carbonyl (C=O) groups excluding carboxylic acids is 2. The van der Waals surface area contributed by atoms with Crippen molar-refractivity contribution in [1.82, 2.24) is 20.2 Å². The Labute approximate surface area is 136 Å². The number of hydrogen-bond donors (Lipinski definition) is 2. The number of nitrogens with zero attached hydrogens (tertiary/aromatic N) is 4. The molecule has 1 atom stereocenters. The van der Waals surface area contributed by atoms with Gasteiger partial charge in [0.05, 0.1) is 11.3 Å². The quantitative estimate of drug-likeness (QED) is 0.769. The van der Waals surface area contributed by atoms with Crippen molar-refractivity contribution >= 4 is 29.3 Å². The first kappa shape index (κ1) is 15.5. The minimum absolute atomic E-state index is 0.160. The summed E-state index contributed by atoms with van der Waals surface area (Å²) >= 11 is 1.32. The molecule has 2 aromatic rings. The van der Waals surface area contributed by atoms with Gasteiger partial charge in [0.1, 0.15) is 0 Å². The molecular formula is C14H16N6O2S. The summed E-state index contributed by atoms with van der Waals surface area (Å²) in [5, 5.41) is 14.7. The molecule has 8 nitrogen and oxygen atoms in total. The fraction of sp³-hybridized carbons (Fsp3) is 0.357. The highest BCUT2D eigenvalue weighted by Gasteiger charge is 2.29. The van der Waals surface area contributed by atoms with Crippen molar-refractivity contribution in [3.8, 4) is 0 Å². The molecule has 0 saturated heterocycles. The third kappa shape index (κ3) is 3.67. The minimum Gasteiger partial charge on any atom is -0.366 e. The highest BCUT2D eigenvalue weighted by atomic mass is 32.2. The first-order valence-corrected chi connectivity index (χ1v) is 8.08. The predicted molar refractivity (Wildman–Crippen MR) is 85.0 cm³/mol. The van der Waals surface area contributed by atoms with Crippen LogP contribution in [0.1, 0.15) is 36.2 Å². The molecule has 0 unspecified atom stereocenters. The van der Waals surface area contributed by atoms with Crippen LogP contribution < -0.4 is 11.1 Å². The van der Waals surface area contributed by atoms with Crippen LogP contribution in [0.5, 0.6) is 0 Å². The number of aromatic nitrogens is 4. The van der Waals surface area contributed by atoms with Crippen molar-refractivity contribution in [1.29, 1.82) is 0 Å². The number of hydrogen-bond acceptors (Lipinski definition) is 6. The fourth-order valence-electron chi connectivity index (χ4n) is 1.98. The molecule has 1 fully saturated rings. The Balaban J connectivity index is 1.60. The number of amides is 2. The average Bonchev–Trinajstić information content (AvgIpc) is 3.27. The summed E-state index contributed by atoms with van der Waals surface area (Å²) in [6.07, 6.45) is 2.15. The maximum atomic E-state index is 12.3. The van der Waals surface area contributed by atoms with Gasteiger partial charge in [0.15, 0.2) is 0 Å². The lowest BCUT2D eigenvalue weighted by Gasteiger charge is -2.11. The summed E-state index contributed by atoms with van der Waals surface area (Å²) < 4.78 is 1.77. The molecule has 1 saturated carbocycles. The van der Waals surface area contributed by atoms with E-state index in [1.807, 2.05) is 0 Å². The number of tetrazole rings is 1. The number of carbonyl (C=O) groups is 2. The van der Waals surface area contributed by atoms with Crippen LogP contribution in [-0.2, 0) is 4.79 Å². The zero-order valence-electron chi connectivity index (χ0n) is 12.5. The maximum Gasteiger partial charge on any atom is 0.248 e. The highest BCUT2D eigenvalue weighted by Crippen LogP contribution is 2.37. The Kier molecular flexibility index (Phi) is 4.28. The van der Waals surface area contributed by atoms with Crippen LogP contribution in [0, 0.1) is 0 Å². The van der Waals surface area contributed by atoms with Gasteiger partial charge in [-0.2, -0.15) is 0 Å². The molecule has 2 amide bonds. The van der Waals surface area contributed by atoms with Gasteiger partial charge in [-0.3, -0.25) is 9.59 Å². The van der Waals surface area contributed by atoms with E-state index >= 15 is 0 Å². The Morgan fingerprint density at radius 3 is 2.65 bits per heavy atom. The van der Waals surface area contributed by atoms with Gasteiger partial charge in [0.25, 0.3) is 0 Å². The van der Waals surface area contributed by atoms with Crippen LogP contribution in [0.4, 0.5) is 5.69 Å². The third-order valence-electron chi connectivity index (χ3n) is 3.44. The van der Waals surface area contributed by atoms with Crippen LogP contribution in [0.25, 0.3) is 0 Å². The lowest BCUT2D eigenvalue weighted by Crippen LogP contribution is -2.23. The van der Waals surface area contributed by atoms with Gasteiger partial charge in [-0.05, 0) is 54.5 Å². The standard InChI is InChI=1S/C14H16N6O2S/c1-8(23-14-17-18-19-20(14)11-6-7-11)13(22)16-10-4-2-9(3-5-10)12(15)21/h2-5,8,11H,6-7H2,1H3,(H2,15,21)(H,16,22)/t8-/m1/s1. The second kappa shape index (κ2) is 6.37. The Morgan fingerprint density at radius 2 is 2.04 bits per heavy atom. The predicted octanol–water partition coefficient (Wildman–Crippen LogP) is 1.23. The molecule has 1 aliphatic rings. The van der Waals surface area contributed by atoms with E-state index in [1.165, 1.54) is 11.8 Å². The Hall–Kier alpha value is -2.42. The van der Waals surface area contributed by atoms with Crippen LogP contribution in [0.2, 0.25) is 0 Å². The first-order chi connectivity index (χ1) is 11.0. The van der Waals surface area contributed by atoms with Crippen LogP contribution in [-0.4, -0.2) is 37.3 Å². The van der Waals surface area contributed by atoms with Crippen molar-refractivity contribution in [2.45, 2.75) is 36.2 Å². The second-order valence-corrected chi connectivity index (χ2v) is 6.64. The molecule has 23 heavy (non-hydrogen) atoms. The van der Waals surface area contributed by atoms with Crippen molar-refractivity contribution in [2.24, 2.45) is 5.73 Å². The molecule has 3 rings (SSSR count). The SMILES string of the molecule is C[C@@H](Sc1nnnn1C1CC1)C(=O)Nc1ccc(C(N)=O)cc1. The van der Waals surface area contributed by atoms with E-state index in [1.54, 1.807) is 35.9 Å². The number of benzene rings is 1. The smallest absolute Gasteiger partial charge is 0.248 e. The van der Waals surface area contributed by atoms with Gasteiger partial charge in [0, 0.05) is 11.3 Å². The molecule has 0 bridgehead atoms.